The second-order valence-corrected chi connectivity index (χ2v) is 9.98. The van der Waals surface area contributed by atoms with Crippen LogP contribution >= 0.6 is 15.9 Å². The Hall–Kier alpha value is -1.50. The number of carbonyl (C=O) groups excluding carboxylic acids is 2. The number of ketones is 1. The third-order valence-corrected chi connectivity index (χ3v) is 7.09. The van der Waals surface area contributed by atoms with Gasteiger partial charge in [0, 0.05) is 9.89 Å². The second kappa shape index (κ2) is 6.83. The molecule has 0 aliphatic heterocycles. The number of esters is 1. The van der Waals surface area contributed by atoms with Gasteiger partial charge in [0.15, 0.2) is 12.4 Å². The summed E-state index contributed by atoms with van der Waals surface area (Å²) >= 11 is 3.86. The van der Waals surface area contributed by atoms with Gasteiger partial charge in [-0.15, -0.1) is 0 Å². The maximum Gasteiger partial charge on any atom is 0.387 e. The van der Waals surface area contributed by atoms with Crippen LogP contribution in [0.4, 0.5) is 8.78 Å². The predicted molar refractivity (Wildman–Crippen MR) is 97.1 cm³/mol. The molecule has 4 fully saturated rings. The van der Waals surface area contributed by atoms with Crippen LogP contribution in [0.2, 0.25) is 0 Å². The van der Waals surface area contributed by atoms with E-state index in [4.69, 9.17) is 4.74 Å². The van der Waals surface area contributed by atoms with Crippen molar-refractivity contribution in [2.45, 2.75) is 49.5 Å². The van der Waals surface area contributed by atoms with Gasteiger partial charge < -0.3 is 9.47 Å². The van der Waals surface area contributed by atoms with Gasteiger partial charge in [-0.25, -0.2) is 0 Å². The average Bonchev–Trinajstić information content (AvgIpc) is 2.57. The summed E-state index contributed by atoms with van der Waals surface area (Å²) in [7, 11) is 0. The van der Waals surface area contributed by atoms with E-state index >= 15 is 0 Å². The van der Waals surface area contributed by atoms with Crippen molar-refractivity contribution in [2.75, 3.05) is 6.61 Å². The normalized spacial score (nSPS) is 33.9. The van der Waals surface area contributed by atoms with E-state index in [2.05, 4.69) is 20.7 Å². The van der Waals surface area contributed by atoms with Crippen LogP contribution < -0.4 is 4.74 Å². The zero-order valence-electron chi connectivity index (χ0n) is 14.8. The lowest BCUT2D eigenvalue weighted by atomic mass is 9.49. The number of Topliss-reactive ketones (excluding diaryl/α,β-unsaturated/α-hetero) is 1. The smallest absolute Gasteiger partial charge is 0.387 e. The molecule has 4 nitrogen and oxygen atoms in total. The largest absolute Gasteiger partial charge is 0.457 e. The fraction of sp³-hybridized carbons (Fsp3) is 0.600. The van der Waals surface area contributed by atoms with Crippen molar-refractivity contribution in [1.29, 1.82) is 0 Å². The third-order valence-electron chi connectivity index (χ3n) is 6.16. The van der Waals surface area contributed by atoms with Crippen LogP contribution in [0.1, 0.15) is 48.9 Å². The maximum absolute atomic E-state index is 12.9. The molecule has 4 aliphatic rings. The van der Waals surface area contributed by atoms with E-state index in [1.807, 2.05) is 0 Å². The van der Waals surface area contributed by atoms with Gasteiger partial charge in [0.05, 0.1) is 5.41 Å². The third kappa shape index (κ3) is 3.75. The monoisotopic (exact) mass is 442 g/mol. The van der Waals surface area contributed by atoms with Crippen molar-refractivity contribution < 1.29 is 27.8 Å². The van der Waals surface area contributed by atoms with Crippen molar-refractivity contribution >= 4 is 27.7 Å². The summed E-state index contributed by atoms with van der Waals surface area (Å²) < 4.78 is 34.1. The van der Waals surface area contributed by atoms with Crippen LogP contribution in [0, 0.1) is 17.3 Å². The molecule has 4 bridgehead atoms. The van der Waals surface area contributed by atoms with Crippen molar-refractivity contribution in [3.63, 3.8) is 0 Å². The van der Waals surface area contributed by atoms with E-state index in [0.29, 0.717) is 17.4 Å². The Morgan fingerprint density at radius 3 is 2.30 bits per heavy atom. The molecule has 4 saturated carbocycles. The van der Waals surface area contributed by atoms with Crippen molar-refractivity contribution in [2.24, 2.45) is 17.3 Å². The van der Waals surface area contributed by atoms with Gasteiger partial charge in [-0.05, 0) is 74.6 Å². The summed E-state index contributed by atoms with van der Waals surface area (Å²) in [5, 5.41) is 0. The number of carbonyl (C=O) groups is 2. The number of halogens is 3. The van der Waals surface area contributed by atoms with Gasteiger partial charge in [0.1, 0.15) is 5.75 Å². The lowest BCUT2D eigenvalue weighted by Gasteiger charge is -2.58. The van der Waals surface area contributed by atoms with Crippen LogP contribution in [0.5, 0.6) is 5.75 Å². The highest BCUT2D eigenvalue weighted by atomic mass is 79.9. The Morgan fingerprint density at radius 2 is 1.74 bits per heavy atom. The Morgan fingerprint density at radius 1 is 1.11 bits per heavy atom. The molecule has 0 heterocycles. The molecule has 0 spiro atoms. The molecule has 146 valence electrons. The first-order chi connectivity index (χ1) is 12.8. The highest BCUT2D eigenvalue weighted by molar-refractivity contribution is 9.10. The topological polar surface area (TPSA) is 52.6 Å². The highest BCUT2D eigenvalue weighted by Gasteiger charge is 2.60. The highest BCUT2D eigenvalue weighted by Crippen LogP contribution is 2.64. The number of benzene rings is 1. The molecule has 0 aromatic heterocycles. The molecule has 0 radical (unpaired) electrons. The summed E-state index contributed by atoms with van der Waals surface area (Å²) in [6, 6.07) is 5.39. The summed E-state index contributed by atoms with van der Waals surface area (Å²) in [4.78, 5) is 25.1. The zero-order valence-corrected chi connectivity index (χ0v) is 16.3. The van der Waals surface area contributed by atoms with Gasteiger partial charge in [-0.2, -0.15) is 8.78 Å². The first-order valence-electron chi connectivity index (χ1n) is 9.21. The van der Waals surface area contributed by atoms with Crippen molar-refractivity contribution in [3.8, 4) is 5.75 Å². The molecule has 7 heteroatoms. The number of ether oxygens (including phenoxy) is 2. The number of hydrogen-bond donors (Lipinski definition) is 0. The van der Waals surface area contributed by atoms with E-state index in [1.54, 1.807) is 0 Å². The lowest BCUT2D eigenvalue weighted by molar-refractivity contribution is -0.168. The molecule has 1 aromatic carbocycles. The molecule has 0 saturated heterocycles. The first kappa shape index (κ1) is 18.8. The van der Waals surface area contributed by atoms with Crippen LogP contribution in [-0.2, 0) is 9.53 Å². The molecule has 0 N–H and O–H groups in total. The zero-order chi connectivity index (χ0) is 19.2. The molecule has 2 unspecified atom stereocenters. The molecule has 4 aliphatic carbocycles. The molecule has 1 aromatic rings. The SMILES string of the molecule is O=C(COC(=O)C12CC3CC(CC(Br)(C3)C1)C2)c1ccc(OC(F)F)cc1. The standard InChI is InChI=1S/C20H21BrF2O4/c21-20-8-12-5-13(9-20)7-19(6-12,11-20)17(25)26-10-16(24)14-1-3-15(4-2-14)27-18(22)23/h1-4,12-13,18H,5-11H2. The van der Waals surface area contributed by atoms with Crippen molar-refractivity contribution in [3.05, 3.63) is 29.8 Å². The van der Waals surface area contributed by atoms with E-state index in [1.165, 1.54) is 30.7 Å². The van der Waals surface area contributed by atoms with E-state index in [0.717, 1.165) is 32.1 Å². The van der Waals surface area contributed by atoms with Gasteiger partial charge in [0.2, 0.25) is 0 Å². The predicted octanol–water partition coefficient (Wildman–Crippen LogP) is 4.75. The van der Waals surface area contributed by atoms with Gasteiger partial charge in [-0.3, -0.25) is 9.59 Å². The number of hydrogen-bond acceptors (Lipinski definition) is 4. The summed E-state index contributed by atoms with van der Waals surface area (Å²) in [6.07, 6.45) is 5.90. The van der Waals surface area contributed by atoms with E-state index in [-0.39, 0.29) is 28.4 Å². The molecule has 2 atom stereocenters. The molecular weight excluding hydrogens is 422 g/mol. The second-order valence-electron chi connectivity index (χ2n) is 8.29. The quantitative estimate of drug-likeness (QED) is 0.362. The first-order valence-corrected chi connectivity index (χ1v) is 10.0. The number of rotatable bonds is 6. The average molecular weight is 443 g/mol. The van der Waals surface area contributed by atoms with Crippen LogP contribution in [0.3, 0.4) is 0 Å². The van der Waals surface area contributed by atoms with Crippen LogP contribution in [0.25, 0.3) is 0 Å². The molecule has 27 heavy (non-hydrogen) atoms. The summed E-state index contributed by atoms with van der Waals surface area (Å²) in [6.45, 7) is -3.24. The lowest BCUT2D eigenvalue weighted by Crippen LogP contribution is -2.56. The van der Waals surface area contributed by atoms with Crippen LogP contribution in [0.15, 0.2) is 24.3 Å². The molecule has 0 amide bonds. The minimum Gasteiger partial charge on any atom is -0.457 e. The number of alkyl halides is 3. The summed E-state index contributed by atoms with van der Waals surface area (Å²) in [5.41, 5.74) is -0.171. The van der Waals surface area contributed by atoms with Gasteiger partial charge in [-0.1, -0.05) is 15.9 Å². The Bertz CT molecular complexity index is 735. The Labute approximate surface area is 164 Å². The fourth-order valence-electron chi connectivity index (χ4n) is 5.58. The summed E-state index contributed by atoms with van der Waals surface area (Å²) in [5.74, 6) is 0.457. The Balaban J connectivity index is 1.37. The fourth-order valence-corrected chi connectivity index (χ4v) is 7.03. The maximum atomic E-state index is 12.9. The minimum atomic E-state index is -2.91. The van der Waals surface area contributed by atoms with Gasteiger partial charge >= 0.3 is 12.6 Å². The molecule has 5 rings (SSSR count). The van der Waals surface area contributed by atoms with Gasteiger partial charge in [0.25, 0.3) is 0 Å². The molecular formula is C20H21BrF2O4. The van der Waals surface area contributed by atoms with Crippen LogP contribution in [-0.4, -0.2) is 29.3 Å². The van der Waals surface area contributed by atoms with E-state index < -0.39 is 12.0 Å². The Kier molecular flexibility index (Phi) is 4.77. The minimum absolute atomic E-state index is 0.0188. The van der Waals surface area contributed by atoms with E-state index in [9.17, 15) is 18.4 Å². The van der Waals surface area contributed by atoms with Crippen molar-refractivity contribution in [1.82, 2.24) is 0 Å².